The second kappa shape index (κ2) is 11.7. The quantitative estimate of drug-likeness (QED) is 0.215. The smallest absolute Gasteiger partial charge is 0.305 e. The Morgan fingerprint density at radius 2 is 1.61 bits per heavy atom. The molecule has 2 N–H and O–H groups in total. The van der Waals surface area contributed by atoms with E-state index in [-0.39, 0.29) is 18.9 Å². The van der Waals surface area contributed by atoms with Crippen LogP contribution in [0.5, 0.6) is 0 Å². The number of hydrogen-bond acceptors (Lipinski definition) is 3. The molecule has 0 spiro atoms. The SMILES string of the molecule is O=C(O)CCNC(=O)c1ccc2c(c1)nc(Cc1ccc3ccccc3c1)n2CCCCc1ccccc1. The molecule has 38 heavy (non-hydrogen) atoms. The van der Waals surface area contributed by atoms with E-state index in [1.807, 2.05) is 18.2 Å². The highest BCUT2D eigenvalue weighted by Crippen LogP contribution is 2.23. The molecule has 0 unspecified atom stereocenters. The van der Waals surface area contributed by atoms with Gasteiger partial charge in [0.1, 0.15) is 5.82 Å². The van der Waals surface area contributed by atoms with Crippen LogP contribution in [0.2, 0.25) is 0 Å². The summed E-state index contributed by atoms with van der Waals surface area (Å²) in [6, 6.07) is 30.9. The zero-order valence-corrected chi connectivity index (χ0v) is 21.3. The topological polar surface area (TPSA) is 84.2 Å². The summed E-state index contributed by atoms with van der Waals surface area (Å²) in [5, 5.41) is 13.9. The number of amides is 1. The Morgan fingerprint density at radius 3 is 2.42 bits per heavy atom. The van der Waals surface area contributed by atoms with Crippen LogP contribution in [0.25, 0.3) is 21.8 Å². The highest BCUT2D eigenvalue weighted by Gasteiger charge is 2.15. The monoisotopic (exact) mass is 505 g/mol. The number of aryl methyl sites for hydroxylation is 2. The number of carboxylic acid groups (broad SMARTS) is 1. The molecule has 0 atom stereocenters. The van der Waals surface area contributed by atoms with Gasteiger partial charge in [-0.2, -0.15) is 0 Å². The molecule has 5 aromatic rings. The largest absolute Gasteiger partial charge is 0.481 e. The first-order valence-electron chi connectivity index (χ1n) is 13.1. The van der Waals surface area contributed by atoms with Gasteiger partial charge in [-0.15, -0.1) is 0 Å². The molecule has 6 nitrogen and oxygen atoms in total. The van der Waals surface area contributed by atoms with Crippen molar-refractivity contribution >= 4 is 33.7 Å². The first-order chi connectivity index (χ1) is 18.6. The van der Waals surface area contributed by atoms with E-state index in [2.05, 4.69) is 70.5 Å². The number of nitrogens with one attached hydrogen (secondary N) is 1. The summed E-state index contributed by atoms with van der Waals surface area (Å²) in [5.74, 6) is -0.259. The van der Waals surface area contributed by atoms with Gasteiger partial charge in [0.25, 0.3) is 5.91 Å². The number of rotatable bonds is 11. The average Bonchev–Trinajstić information content (AvgIpc) is 3.27. The maximum Gasteiger partial charge on any atom is 0.305 e. The van der Waals surface area contributed by atoms with Crippen molar-refractivity contribution in [1.29, 1.82) is 0 Å². The zero-order valence-electron chi connectivity index (χ0n) is 21.3. The maximum atomic E-state index is 12.6. The Morgan fingerprint density at radius 1 is 0.816 bits per heavy atom. The zero-order chi connectivity index (χ0) is 26.3. The summed E-state index contributed by atoms with van der Waals surface area (Å²) in [5.41, 5.74) is 4.79. The minimum atomic E-state index is -0.940. The van der Waals surface area contributed by atoms with E-state index >= 15 is 0 Å². The van der Waals surface area contributed by atoms with Gasteiger partial charge in [0, 0.05) is 25.1 Å². The highest BCUT2D eigenvalue weighted by atomic mass is 16.4. The highest BCUT2D eigenvalue weighted by molar-refractivity contribution is 5.97. The normalized spacial score (nSPS) is 11.2. The van der Waals surface area contributed by atoms with E-state index in [0.29, 0.717) is 12.0 Å². The molecule has 0 aliphatic carbocycles. The van der Waals surface area contributed by atoms with E-state index < -0.39 is 5.97 Å². The summed E-state index contributed by atoms with van der Waals surface area (Å²) in [4.78, 5) is 28.3. The Balaban J connectivity index is 1.39. The first-order valence-corrected chi connectivity index (χ1v) is 13.1. The summed E-state index contributed by atoms with van der Waals surface area (Å²) in [6.07, 6.45) is 3.71. The number of benzene rings is 4. The Hall–Kier alpha value is -4.45. The molecule has 4 aromatic carbocycles. The van der Waals surface area contributed by atoms with Crippen LogP contribution >= 0.6 is 0 Å². The number of aromatic nitrogens is 2. The van der Waals surface area contributed by atoms with Crippen molar-refractivity contribution in [3.8, 4) is 0 Å². The molecular formula is C32H31N3O3. The van der Waals surface area contributed by atoms with Crippen molar-refractivity contribution in [1.82, 2.24) is 14.9 Å². The standard InChI is InChI=1S/C32H31N3O3/c36-31(37)17-18-33-32(38)27-15-16-29-28(22-27)34-30(21-24-13-14-25-11-4-5-12-26(25)20-24)35(29)19-7-6-10-23-8-2-1-3-9-23/h1-5,8-9,11-16,20,22H,6-7,10,17-19,21H2,(H,33,38)(H,36,37). The lowest BCUT2D eigenvalue weighted by Gasteiger charge is -2.11. The van der Waals surface area contributed by atoms with E-state index in [1.165, 1.54) is 21.9 Å². The molecule has 0 aliphatic heterocycles. The van der Waals surface area contributed by atoms with E-state index in [0.717, 1.165) is 42.7 Å². The van der Waals surface area contributed by atoms with Crippen molar-refractivity contribution < 1.29 is 14.7 Å². The molecular weight excluding hydrogens is 474 g/mol. The molecule has 0 radical (unpaired) electrons. The molecule has 1 heterocycles. The number of hydrogen-bond donors (Lipinski definition) is 2. The number of aliphatic carboxylic acids is 1. The van der Waals surface area contributed by atoms with E-state index in [4.69, 9.17) is 10.1 Å². The molecule has 0 saturated heterocycles. The van der Waals surface area contributed by atoms with Crippen molar-refractivity contribution in [2.24, 2.45) is 0 Å². The minimum Gasteiger partial charge on any atom is -0.481 e. The Labute approximate surface area is 221 Å². The third-order valence-electron chi connectivity index (χ3n) is 6.83. The van der Waals surface area contributed by atoms with Gasteiger partial charge in [-0.3, -0.25) is 9.59 Å². The first kappa shape index (κ1) is 25.2. The number of unbranched alkanes of at least 4 members (excludes halogenated alkanes) is 1. The van der Waals surface area contributed by atoms with Crippen LogP contribution in [0.3, 0.4) is 0 Å². The van der Waals surface area contributed by atoms with Gasteiger partial charge in [-0.25, -0.2) is 4.98 Å². The minimum absolute atomic E-state index is 0.0925. The summed E-state index contributed by atoms with van der Waals surface area (Å²) in [7, 11) is 0. The van der Waals surface area contributed by atoms with Gasteiger partial charge in [0.2, 0.25) is 0 Å². The van der Waals surface area contributed by atoms with E-state index in [9.17, 15) is 9.59 Å². The predicted molar refractivity (Wildman–Crippen MR) is 150 cm³/mol. The van der Waals surface area contributed by atoms with Crippen LogP contribution in [-0.4, -0.2) is 33.1 Å². The molecule has 5 rings (SSSR count). The molecule has 0 saturated carbocycles. The van der Waals surface area contributed by atoms with Crippen molar-refractivity contribution in [2.45, 2.75) is 38.6 Å². The predicted octanol–water partition coefficient (Wildman–Crippen LogP) is 6.01. The van der Waals surface area contributed by atoms with Gasteiger partial charge in [-0.1, -0.05) is 72.8 Å². The third kappa shape index (κ3) is 6.09. The number of fused-ring (bicyclic) bond motifs is 2. The van der Waals surface area contributed by atoms with Gasteiger partial charge in [0.05, 0.1) is 17.5 Å². The molecule has 0 bridgehead atoms. The summed E-state index contributed by atoms with van der Waals surface area (Å²) in [6.45, 7) is 0.936. The van der Waals surface area contributed by atoms with Crippen molar-refractivity contribution in [3.63, 3.8) is 0 Å². The lowest BCUT2D eigenvalue weighted by Crippen LogP contribution is -2.25. The van der Waals surface area contributed by atoms with Gasteiger partial charge in [-0.05, 0) is 59.4 Å². The number of imidazole rings is 1. The fourth-order valence-corrected chi connectivity index (χ4v) is 4.87. The van der Waals surface area contributed by atoms with Crippen LogP contribution in [-0.2, 0) is 24.2 Å². The summed E-state index contributed by atoms with van der Waals surface area (Å²) >= 11 is 0. The van der Waals surface area contributed by atoms with Crippen LogP contribution in [0, 0.1) is 0 Å². The van der Waals surface area contributed by atoms with Crippen LogP contribution in [0.4, 0.5) is 0 Å². The number of carboxylic acids is 1. The molecule has 6 heteroatoms. The fourth-order valence-electron chi connectivity index (χ4n) is 4.87. The molecule has 192 valence electrons. The lowest BCUT2D eigenvalue weighted by molar-refractivity contribution is -0.136. The average molecular weight is 506 g/mol. The van der Waals surface area contributed by atoms with Crippen LogP contribution in [0.15, 0.2) is 91.0 Å². The summed E-state index contributed by atoms with van der Waals surface area (Å²) < 4.78 is 2.28. The number of carbonyl (C=O) groups excluding carboxylic acids is 1. The second-order valence-corrected chi connectivity index (χ2v) is 9.58. The third-order valence-corrected chi connectivity index (χ3v) is 6.83. The van der Waals surface area contributed by atoms with Crippen molar-refractivity contribution in [3.05, 3.63) is 114 Å². The van der Waals surface area contributed by atoms with Gasteiger partial charge < -0.3 is 15.0 Å². The fraction of sp³-hybridized carbons (Fsp3) is 0.219. The van der Waals surface area contributed by atoms with Crippen LogP contribution < -0.4 is 5.32 Å². The van der Waals surface area contributed by atoms with Crippen molar-refractivity contribution in [2.75, 3.05) is 6.54 Å². The Bertz CT molecular complexity index is 1570. The second-order valence-electron chi connectivity index (χ2n) is 9.58. The number of carbonyl (C=O) groups is 2. The van der Waals surface area contributed by atoms with E-state index in [1.54, 1.807) is 12.1 Å². The molecule has 1 aromatic heterocycles. The molecule has 0 aliphatic rings. The van der Waals surface area contributed by atoms with Gasteiger partial charge >= 0.3 is 5.97 Å². The maximum absolute atomic E-state index is 12.6. The number of nitrogens with zero attached hydrogens (tertiary/aromatic N) is 2. The lowest BCUT2D eigenvalue weighted by atomic mass is 10.0. The Kier molecular flexibility index (Phi) is 7.78. The molecule has 0 fully saturated rings. The molecule has 1 amide bonds. The van der Waals surface area contributed by atoms with Crippen LogP contribution in [0.1, 0.15) is 46.6 Å². The van der Waals surface area contributed by atoms with Gasteiger partial charge in [0.15, 0.2) is 0 Å².